The van der Waals surface area contributed by atoms with Crippen molar-refractivity contribution >= 4 is 51.2 Å². The number of Topliss-reactive ketones (excluding diaryl/α,β-unsaturated/α-hetero) is 1. The Morgan fingerprint density at radius 1 is 1.15 bits per heavy atom. The highest BCUT2D eigenvalue weighted by molar-refractivity contribution is 7.11. The number of anilines is 1. The number of carbonyl (C=O) groups is 2. The average Bonchev–Trinajstić information content (AvgIpc) is 3.50. The number of aromatic nitrogens is 2. The van der Waals surface area contributed by atoms with Crippen LogP contribution in [-0.4, -0.2) is 44.8 Å². The largest absolute Gasteiger partial charge is 0.509 e. The molecular formula is C23H17N5O3S2. The Hall–Kier alpha value is -3.81. The van der Waals surface area contributed by atoms with Crippen LogP contribution >= 0.6 is 22.7 Å². The maximum Gasteiger partial charge on any atom is 0.261 e. The van der Waals surface area contributed by atoms with Crippen molar-refractivity contribution in [1.29, 1.82) is 5.26 Å². The molecule has 8 nitrogen and oxygen atoms in total. The molecule has 33 heavy (non-hydrogen) atoms. The normalized spacial score (nSPS) is 16.0. The number of nitrogens with zero attached hydrogens (tertiary/aromatic N) is 5. The number of benzene rings is 1. The third-order valence-electron chi connectivity index (χ3n) is 5.36. The van der Waals surface area contributed by atoms with Crippen molar-refractivity contribution in [3.63, 3.8) is 0 Å². The fraction of sp³-hybridized carbons (Fsp3) is 0.174. The number of carbonyl (C=O) groups excluding carboxylic acids is 2. The van der Waals surface area contributed by atoms with Crippen LogP contribution in [0, 0.1) is 25.2 Å². The molecule has 0 saturated carbocycles. The number of fused-ring (bicyclic) bond motifs is 3. The summed E-state index contributed by atoms with van der Waals surface area (Å²) in [6.07, 6.45) is 0. The molecule has 2 aliphatic rings. The predicted octanol–water partition coefficient (Wildman–Crippen LogP) is 3.92. The first-order chi connectivity index (χ1) is 15.9. The number of amides is 1. The number of rotatable bonds is 4. The smallest absolute Gasteiger partial charge is 0.261 e. The fourth-order valence-electron chi connectivity index (χ4n) is 3.93. The number of ketones is 1. The minimum atomic E-state index is -0.364. The van der Waals surface area contributed by atoms with Gasteiger partial charge in [-0.25, -0.2) is 9.97 Å². The molecule has 0 saturated heterocycles. The molecule has 2 aromatic heterocycles. The van der Waals surface area contributed by atoms with Gasteiger partial charge in [-0.3, -0.25) is 14.5 Å². The molecular weight excluding hydrogens is 458 g/mol. The summed E-state index contributed by atoms with van der Waals surface area (Å²) < 4.78 is 0. The molecule has 0 bridgehead atoms. The van der Waals surface area contributed by atoms with Gasteiger partial charge in [0.2, 0.25) is 0 Å². The number of thiazole rings is 2. The van der Waals surface area contributed by atoms with E-state index in [2.05, 4.69) is 9.97 Å². The van der Waals surface area contributed by atoms with Crippen LogP contribution < -0.4 is 4.90 Å². The fourth-order valence-corrected chi connectivity index (χ4v) is 5.60. The summed E-state index contributed by atoms with van der Waals surface area (Å²) in [7, 11) is 0. The van der Waals surface area contributed by atoms with Crippen LogP contribution in [0.4, 0.5) is 5.69 Å². The van der Waals surface area contributed by atoms with Crippen molar-refractivity contribution in [2.24, 2.45) is 0 Å². The highest BCUT2D eigenvalue weighted by Gasteiger charge is 2.44. The molecule has 5 rings (SSSR count). The lowest BCUT2D eigenvalue weighted by Crippen LogP contribution is -2.44. The van der Waals surface area contributed by atoms with E-state index in [9.17, 15) is 20.0 Å². The van der Waals surface area contributed by atoms with Crippen molar-refractivity contribution in [3.8, 4) is 6.07 Å². The Kier molecular flexibility index (Phi) is 5.08. The maximum atomic E-state index is 13.5. The first kappa shape index (κ1) is 21.1. The lowest BCUT2D eigenvalue weighted by molar-refractivity contribution is -0.112. The number of allylic oxidation sites excluding steroid dienone is 1. The molecule has 0 spiro atoms. The van der Waals surface area contributed by atoms with E-state index in [1.807, 2.05) is 24.4 Å². The van der Waals surface area contributed by atoms with Crippen LogP contribution in [-0.2, 0) is 4.79 Å². The van der Waals surface area contributed by atoms with Gasteiger partial charge >= 0.3 is 0 Å². The number of para-hydroxylation sites is 1. The number of aryl methyl sites for hydroxylation is 2. The highest BCUT2D eigenvalue weighted by atomic mass is 32.1. The van der Waals surface area contributed by atoms with Crippen LogP contribution in [0.3, 0.4) is 0 Å². The zero-order valence-corrected chi connectivity index (χ0v) is 19.3. The summed E-state index contributed by atoms with van der Waals surface area (Å²) in [4.78, 5) is 38.5. The van der Waals surface area contributed by atoms with E-state index in [1.54, 1.807) is 35.4 Å². The molecule has 10 heteroatoms. The SMILES string of the molecule is Cc1csc(C2=C3N(C/C(O)=C(\C#N)c4nc(C)cs4)C(=O)c4ccccc4N3CC2=O)n1. The highest BCUT2D eigenvalue weighted by Crippen LogP contribution is 2.42. The van der Waals surface area contributed by atoms with E-state index in [4.69, 9.17) is 0 Å². The number of hydrogen-bond acceptors (Lipinski definition) is 9. The van der Waals surface area contributed by atoms with Gasteiger partial charge in [0.15, 0.2) is 5.78 Å². The number of nitriles is 1. The summed E-state index contributed by atoms with van der Waals surface area (Å²) in [5, 5.41) is 25.1. The molecule has 1 amide bonds. The van der Waals surface area contributed by atoms with Crippen LogP contribution in [0.15, 0.2) is 46.6 Å². The molecule has 0 radical (unpaired) electrons. The lowest BCUT2D eigenvalue weighted by Gasteiger charge is -2.37. The van der Waals surface area contributed by atoms with E-state index < -0.39 is 0 Å². The predicted molar refractivity (Wildman–Crippen MR) is 126 cm³/mol. The summed E-state index contributed by atoms with van der Waals surface area (Å²) in [6, 6.07) is 9.05. The van der Waals surface area contributed by atoms with Crippen LogP contribution in [0.1, 0.15) is 31.8 Å². The summed E-state index contributed by atoms with van der Waals surface area (Å²) >= 11 is 2.57. The average molecular weight is 476 g/mol. The first-order valence-electron chi connectivity index (χ1n) is 10.0. The molecule has 0 aliphatic carbocycles. The van der Waals surface area contributed by atoms with Gasteiger partial charge in [-0.1, -0.05) is 12.1 Å². The number of aliphatic hydroxyl groups is 1. The van der Waals surface area contributed by atoms with Gasteiger partial charge in [-0.15, -0.1) is 22.7 Å². The zero-order valence-electron chi connectivity index (χ0n) is 17.7. The monoisotopic (exact) mass is 475 g/mol. The third kappa shape index (κ3) is 3.42. The Morgan fingerprint density at radius 2 is 1.88 bits per heavy atom. The Morgan fingerprint density at radius 3 is 2.55 bits per heavy atom. The topological polar surface area (TPSA) is 110 Å². The van der Waals surface area contributed by atoms with E-state index >= 15 is 0 Å². The summed E-state index contributed by atoms with van der Waals surface area (Å²) in [5.41, 5.74) is 2.90. The standard InChI is InChI=1S/C23H17N5O3S2/c1-12-10-32-20(25-12)15(7-24)17(29)8-28-22-19(21-26-13(2)11-33-21)18(30)9-27(22)16-6-4-3-5-14(16)23(28)31/h3-6,10-11,29H,8-9H2,1-2H3/b17-15-. The van der Waals surface area contributed by atoms with Gasteiger partial charge in [0.05, 0.1) is 29.9 Å². The number of hydrogen-bond donors (Lipinski definition) is 1. The molecule has 0 unspecified atom stereocenters. The van der Waals surface area contributed by atoms with E-state index in [1.165, 1.54) is 27.6 Å². The van der Waals surface area contributed by atoms with Crippen LogP contribution in [0.2, 0.25) is 0 Å². The van der Waals surface area contributed by atoms with Gasteiger partial charge in [0.25, 0.3) is 5.91 Å². The molecule has 164 valence electrons. The Bertz CT molecular complexity index is 1430. The van der Waals surface area contributed by atoms with Gasteiger partial charge < -0.3 is 10.0 Å². The van der Waals surface area contributed by atoms with Crippen molar-refractivity contribution < 1.29 is 14.7 Å². The van der Waals surface area contributed by atoms with Gasteiger partial charge in [0, 0.05) is 22.1 Å². The minimum absolute atomic E-state index is 0.00266. The quantitative estimate of drug-likeness (QED) is 0.450. The molecule has 3 aromatic rings. The zero-order chi connectivity index (χ0) is 23.3. The van der Waals surface area contributed by atoms with Gasteiger partial charge in [-0.05, 0) is 26.0 Å². The minimum Gasteiger partial charge on any atom is -0.509 e. The molecule has 4 heterocycles. The van der Waals surface area contributed by atoms with Gasteiger partial charge in [-0.2, -0.15) is 5.26 Å². The first-order valence-corrected chi connectivity index (χ1v) is 11.8. The Balaban J connectivity index is 1.68. The van der Waals surface area contributed by atoms with Crippen LogP contribution in [0.5, 0.6) is 0 Å². The molecule has 1 aromatic carbocycles. The second-order valence-corrected chi connectivity index (χ2v) is 9.35. The molecule has 1 N–H and O–H groups in total. The third-order valence-corrected chi connectivity index (χ3v) is 7.32. The van der Waals surface area contributed by atoms with Crippen molar-refractivity contribution in [2.75, 3.05) is 18.0 Å². The summed E-state index contributed by atoms with van der Waals surface area (Å²) in [6.45, 7) is 3.42. The second kappa shape index (κ2) is 7.95. The Labute approximate surface area is 197 Å². The second-order valence-electron chi connectivity index (χ2n) is 7.64. The number of aliphatic hydroxyl groups excluding tert-OH is 1. The summed E-state index contributed by atoms with van der Waals surface area (Å²) in [5.74, 6) is -0.442. The van der Waals surface area contributed by atoms with Crippen molar-refractivity contribution in [1.82, 2.24) is 14.9 Å². The van der Waals surface area contributed by atoms with E-state index in [-0.39, 0.29) is 36.1 Å². The van der Waals surface area contributed by atoms with Crippen molar-refractivity contribution in [2.45, 2.75) is 13.8 Å². The van der Waals surface area contributed by atoms with E-state index in [0.29, 0.717) is 32.7 Å². The van der Waals surface area contributed by atoms with Crippen LogP contribution in [0.25, 0.3) is 11.1 Å². The van der Waals surface area contributed by atoms with Gasteiger partial charge in [0.1, 0.15) is 33.2 Å². The maximum absolute atomic E-state index is 13.5. The lowest BCUT2D eigenvalue weighted by atomic mass is 10.1. The molecule has 0 fully saturated rings. The molecule has 2 aliphatic heterocycles. The molecule has 0 atom stereocenters. The van der Waals surface area contributed by atoms with E-state index in [0.717, 1.165) is 11.4 Å². The van der Waals surface area contributed by atoms with Crippen molar-refractivity contribution in [3.05, 3.63) is 73.6 Å².